The number of thioether (sulfide) groups is 1. The highest BCUT2D eigenvalue weighted by molar-refractivity contribution is 8.14. The van der Waals surface area contributed by atoms with Gasteiger partial charge in [-0.2, -0.15) is 0 Å². The van der Waals surface area contributed by atoms with Crippen molar-refractivity contribution in [2.45, 2.75) is 83.5 Å². The van der Waals surface area contributed by atoms with E-state index >= 15 is 8.78 Å². The molecule has 0 amide bonds. The first-order valence-electron chi connectivity index (χ1n) is 15.3. The molecule has 0 saturated heterocycles. The third-order valence-electron chi connectivity index (χ3n) is 10.4. The van der Waals surface area contributed by atoms with E-state index in [-0.39, 0.29) is 49.1 Å². The molecule has 248 valence electrons. The van der Waals surface area contributed by atoms with Gasteiger partial charge in [-0.15, -0.1) is 0 Å². The number of ketones is 1. The summed E-state index contributed by atoms with van der Waals surface area (Å²) >= 11 is 0.788. The molecule has 4 aliphatic carbocycles. The minimum atomic E-state index is -2.36. The predicted molar refractivity (Wildman–Crippen MR) is 163 cm³/mol. The third kappa shape index (κ3) is 5.20. The second kappa shape index (κ2) is 12.3. The molecule has 0 unspecified atom stereocenters. The first-order chi connectivity index (χ1) is 21.6. The van der Waals surface area contributed by atoms with Crippen LogP contribution in [0.4, 0.5) is 13.6 Å². The minimum absolute atomic E-state index is 0.00499. The number of ether oxygens (including phenoxy) is 3. The first-order valence-corrected chi connectivity index (χ1v) is 16.3. The molecule has 4 aliphatic rings. The molecule has 0 aromatic carbocycles. The van der Waals surface area contributed by atoms with E-state index in [1.54, 1.807) is 27.7 Å². The van der Waals surface area contributed by atoms with Gasteiger partial charge >= 0.3 is 12.1 Å². The predicted octanol–water partition coefficient (Wildman–Crippen LogP) is 5.56. The Labute approximate surface area is 270 Å². The molecule has 1 aromatic heterocycles. The van der Waals surface area contributed by atoms with Gasteiger partial charge in [0.15, 0.2) is 23.7 Å². The van der Waals surface area contributed by atoms with Crippen molar-refractivity contribution in [1.29, 1.82) is 0 Å². The Hall–Kier alpha value is -3.43. The van der Waals surface area contributed by atoms with Gasteiger partial charge in [0.05, 0.1) is 24.2 Å². The lowest BCUT2D eigenvalue weighted by atomic mass is 9.44. The van der Waals surface area contributed by atoms with Crippen LogP contribution in [0.1, 0.15) is 64.4 Å². The van der Waals surface area contributed by atoms with Crippen molar-refractivity contribution in [1.82, 2.24) is 0 Å². The van der Waals surface area contributed by atoms with Crippen molar-refractivity contribution in [2.24, 2.45) is 28.6 Å². The lowest BCUT2D eigenvalue weighted by molar-refractivity contribution is -0.221. The normalized spacial score (nSPS) is 37.6. The van der Waals surface area contributed by atoms with Crippen LogP contribution in [0.3, 0.4) is 0 Å². The van der Waals surface area contributed by atoms with E-state index < -0.39 is 75.2 Å². The van der Waals surface area contributed by atoms with Crippen LogP contribution >= 0.6 is 11.8 Å². The maximum atomic E-state index is 17.7. The number of allylic oxidation sites excluding steroid dienone is 4. The quantitative estimate of drug-likeness (QED) is 0.306. The minimum Gasteiger partial charge on any atom is -0.457 e. The van der Waals surface area contributed by atoms with Crippen molar-refractivity contribution in [2.75, 3.05) is 12.4 Å². The maximum absolute atomic E-state index is 17.7. The molecular weight excluding hydrogens is 622 g/mol. The zero-order valence-electron chi connectivity index (χ0n) is 26.3. The first kappa shape index (κ1) is 33.9. The van der Waals surface area contributed by atoms with E-state index in [0.29, 0.717) is 0 Å². The summed E-state index contributed by atoms with van der Waals surface area (Å²) < 4.78 is 54.7. The fraction of sp³-hybridized carbons (Fsp3) is 0.588. The SMILES string of the molecule is CC(C)OC(=O)OCC#CCSC(=O)[C@@]1(OC(=O)c2ccco2)[C@H](C)C[C@H]2[C@@H]3C[C@H](F)C4=CC(=O)C=C[C@]4(C)[C@@]3(F)[C@@H](O)C[C@@]21C. The number of hydrogen-bond acceptors (Lipinski definition) is 10. The van der Waals surface area contributed by atoms with Gasteiger partial charge in [0.2, 0.25) is 10.9 Å². The summed E-state index contributed by atoms with van der Waals surface area (Å²) in [5.74, 6) is 1.44. The fourth-order valence-corrected chi connectivity index (χ4v) is 9.44. The number of fused-ring (bicyclic) bond motifs is 5. The van der Waals surface area contributed by atoms with Gasteiger partial charge in [-0.3, -0.25) is 9.59 Å². The molecule has 5 rings (SSSR count). The number of halogens is 2. The average molecular weight is 661 g/mol. The van der Waals surface area contributed by atoms with E-state index in [1.165, 1.54) is 37.5 Å². The van der Waals surface area contributed by atoms with E-state index in [2.05, 4.69) is 11.8 Å². The summed E-state index contributed by atoms with van der Waals surface area (Å²) in [5.41, 5.74) is -7.14. The second-order valence-electron chi connectivity index (χ2n) is 13.2. The molecular formula is C34H38F2O9S. The van der Waals surface area contributed by atoms with Gasteiger partial charge in [0.1, 0.15) is 6.17 Å². The number of carbonyl (C=O) groups excluding carboxylic acids is 4. The highest BCUT2D eigenvalue weighted by atomic mass is 32.2. The monoisotopic (exact) mass is 660 g/mol. The maximum Gasteiger partial charge on any atom is 0.509 e. The largest absolute Gasteiger partial charge is 0.509 e. The van der Waals surface area contributed by atoms with Gasteiger partial charge in [-0.1, -0.05) is 43.5 Å². The van der Waals surface area contributed by atoms with Gasteiger partial charge in [0, 0.05) is 22.7 Å². The van der Waals surface area contributed by atoms with E-state index in [1.807, 2.05) is 0 Å². The van der Waals surface area contributed by atoms with Gasteiger partial charge in [-0.05, 0) is 75.8 Å². The Morgan fingerprint density at radius 2 is 1.93 bits per heavy atom. The molecule has 0 aliphatic heterocycles. The summed E-state index contributed by atoms with van der Waals surface area (Å²) in [5, 5.41) is 11.2. The number of carbonyl (C=O) groups is 4. The number of esters is 1. The second-order valence-corrected chi connectivity index (χ2v) is 14.2. The third-order valence-corrected chi connectivity index (χ3v) is 11.3. The Morgan fingerprint density at radius 1 is 1.20 bits per heavy atom. The zero-order chi connectivity index (χ0) is 33.7. The molecule has 0 radical (unpaired) electrons. The topological polar surface area (TPSA) is 129 Å². The number of furan rings is 1. The van der Waals surface area contributed by atoms with Crippen molar-refractivity contribution >= 4 is 34.8 Å². The van der Waals surface area contributed by atoms with Crippen LogP contribution in [0.15, 0.2) is 46.6 Å². The summed E-state index contributed by atoms with van der Waals surface area (Å²) in [4.78, 5) is 51.5. The van der Waals surface area contributed by atoms with Crippen LogP contribution in [0.5, 0.6) is 0 Å². The standard InChI is InChI=1S/C34H38F2O9S/c1-19(2)44-30(41)43-12-6-7-14-46-29(40)34(45-28(39)26-9-8-13-42-26)20(3)15-22-23-17-25(35)24-16-21(37)10-11-31(24,4)33(23,36)27(38)18-32(22,34)5/h8-11,13,16,19-20,22-23,25,27,38H,12,14-15,17-18H2,1-5H3/t20-,22+,23+,25+,27+,31+,32+,33+,34+/m1/s1. The van der Waals surface area contributed by atoms with E-state index in [4.69, 9.17) is 18.6 Å². The molecule has 12 heteroatoms. The summed E-state index contributed by atoms with van der Waals surface area (Å²) in [6.45, 7) is 8.00. The highest BCUT2D eigenvalue weighted by Crippen LogP contribution is 2.72. The van der Waals surface area contributed by atoms with Crippen LogP contribution in [0, 0.1) is 40.4 Å². The van der Waals surface area contributed by atoms with Crippen LogP contribution in [0.2, 0.25) is 0 Å². The molecule has 1 aromatic rings. The number of aliphatic hydroxyl groups excluding tert-OH is 1. The average Bonchev–Trinajstić information content (AvgIpc) is 3.59. The van der Waals surface area contributed by atoms with Gasteiger partial charge in [0.25, 0.3) is 0 Å². The van der Waals surface area contributed by atoms with E-state index in [0.717, 1.165) is 17.8 Å². The molecule has 0 spiro atoms. The Balaban J connectivity index is 1.48. The number of aliphatic hydroxyl groups is 1. The molecule has 9 nitrogen and oxygen atoms in total. The van der Waals surface area contributed by atoms with E-state index in [9.17, 15) is 24.3 Å². The van der Waals surface area contributed by atoms with Crippen molar-refractivity contribution in [3.05, 3.63) is 48.0 Å². The molecule has 46 heavy (non-hydrogen) atoms. The molecule has 3 fully saturated rings. The van der Waals surface area contributed by atoms with Crippen molar-refractivity contribution in [3.8, 4) is 11.8 Å². The number of hydrogen-bond donors (Lipinski definition) is 1. The van der Waals surface area contributed by atoms with Crippen LogP contribution in [-0.2, 0) is 23.8 Å². The van der Waals surface area contributed by atoms with Crippen LogP contribution in [-0.4, -0.2) is 70.1 Å². The van der Waals surface area contributed by atoms with Gasteiger partial charge in [-0.25, -0.2) is 18.4 Å². The lowest BCUT2D eigenvalue weighted by Gasteiger charge is -2.63. The summed E-state index contributed by atoms with van der Waals surface area (Å²) in [6, 6.07) is 2.89. The van der Waals surface area contributed by atoms with Gasteiger partial charge < -0.3 is 23.7 Å². The molecule has 0 bridgehead atoms. The lowest BCUT2D eigenvalue weighted by Crippen LogP contribution is -2.70. The number of rotatable bonds is 6. The van der Waals surface area contributed by atoms with Crippen molar-refractivity contribution in [3.63, 3.8) is 0 Å². The molecule has 3 saturated carbocycles. The van der Waals surface area contributed by atoms with Crippen LogP contribution < -0.4 is 0 Å². The fourth-order valence-electron chi connectivity index (χ4n) is 8.44. The van der Waals surface area contributed by atoms with Crippen LogP contribution in [0.25, 0.3) is 0 Å². The Bertz CT molecular complexity index is 1530. The molecule has 1 N–H and O–H groups in total. The number of alkyl halides is 2. The Kier molecular flexibility index (Phi) is 9.07. The highest BCUT2D eigenvalue weighted by Gasteiger charge is 2.78. The Morgan fingerprint density at radius 3 is 2.61 bits per heavy atom. The zero-order valence-corrected chi connectivity index (χ0v) is 27.2. The summed E-state index contributed by atoms with van der Waals surface area (Å²) in [6.07, 6.45) is 0.01000. The molecule has 1 heterocycles. The summed E-state index contributed by atoms with van der Waals surface area (Å²) in [7, 11) is 0. The molecule has 9 atom stereocenters. The van der Waals surface area contributed by atoms with Crippen molar-refractivity contribution < 1.29 is 51.7 Å². The smallest absolute Gasteiger partial charge is 0.457 e.